The normalized spacial score (nSPS) is 12.0. The van der Waals surface area contributed by atoms with Crippen LogP contribution in [0.25, 0.3) is 10.9 Å². The topological polar surface area (TPSA) is 108 Å². The summed E-state index contributed by atoms with van der Waals surface area (Å²) in [5.74, 6) is 0.323. The summed E-state index contributed by atoms with van der Waals surface area (Å²) in [5, 5.41) is 13.6. The number of halogens is 1. The third-order valence-electron chi connectivity index (χ3n) is 5.91. The Kier molecular flexibility index (Phi) is 7.22. The number of fused-ring (bicyclic) bond motifs is 1. The number of H-pyrrole nitrogens is 1. The van der Waals surface area contributed by atoms with Gasteiger partial charge in [0.1, 0.15) is 5.82 Å². The highest BCUT2D eigenvalue weighted by Crippen LogP contribution is 2.35. The van der Waals surface area contributed by atoms with Gasteiger partial charge in [0.15, 0.2) is 0 Å². The maximum absolute atomic E-state index is 13.4. The molecule has 8 nitrogen and oxygen atoms in total. The molecule has 2 amide bonds. The van der Waals surface area contributed by atoms with Crippen molar-refractivity contribution in [3.8, 4) is 5.88 Å². The number of aromatic nitrogens is 2. The molecular formula is C26H33BrN4O4. The molecule has 3 rings (SSSR count). The van der Waals surface area contributed by atoms with Crippen LogP contribution in [0.2, 0.25) is 0 Å². The lowest BCUT2D eigenvalue weighted by atomic mass is 9.96. The number of anilines is 1. The Morgan fingerprint density at radius 3 is 2.34 bits per heavy atom. The molecule has 3 N–H and O–H groups in total. The lowest BCUT2D eigenvalue weighted by Crippen LogP contribution is -2.45. The first-order valence-corrected chi connectivity index (χ1v) is 12.1. The third kappa shape index (κ3) is 5.45. The number of ether oxygens (including phenoxy) is 1. The zero-order chi connectivity index (χ0) is 26.3. The number of carbonyl (C=O) groups is 2. The largest absolute Gasteiger partial charge is 0.481 e. The Balaban J connectivity index is 1.97. The van der Waals surface area contributed by atoms with Crippen LogP contribution in [-0.4, -0.2) is 39.7 Å². The van der Waals surface area contributed by atoms with Crippen molar-refractivity contribution in [1.82, 2.24) is 15.3 Å². The first kappa shape index (κ1) is 26.5. The van der Waals surface area contributed by atoms with Crippen LogP contribution in [0.5, 0.6) is 5.88 Å². The van der Waals surface area contributed by atoms with Crippen LogP contribution in [0.1, 0.15) is 67.2 Å². The number of methoxy groups -OCH3 is 1. The van der Waals surface area contributed by atoms with Crippen LogP contribution in [0, 0.1) is 13.8 Å². The van der Waals surface area contributed by atoms with Crippen LogP contribution in [0.3, 0.4) is 0 Å². The number of carboxylic acid groups (broad SMARTS) is 1. The Hall–Kier alpha value is -3.07. The molecule has 0 aliphatic heterocycles. The Morgan fingerprint density at radius 2 is 1.80 bits per heavy atom. The number of hydrogen-bond acceptors (Lipinski definition) is 4. The Bertz CT molecular complexity index is 1290. The maximum atomic E-state index is 13.4. The summed E-state index contributed by atoms with van der Waals surface area (Å²) in [4.78, 5) is 34.2. The SMILES string of the molecule is COc1nc(N(C(=O)O)C(C)(C)C)cc(C)c1CNC(=O)c1cc(C(C)(C)Br)cc2[nH]cc(C)c12. The second-order valence-electron chi connectivity index (χ2n) is 10.1. The van der Waals surface area contributed by atoms with Gasteiger partial charge in [0, 0.05) is 44.6 Å². The molecule has 0 aliphatic carbocycles. The van der Waals surface area contributed by atoms with Gasteiger partial charge in [-0.05, 0) is 83.4 Å². The molecule has 0 atom stereocenters. The van der Waals surface area contributed by atoms with Gasteiger partial charge in [0.2, 0.25) is 5.88 Å². The molecule has 3 aromatic rings. The number of aryl methyl sites for hydroxylation is 2. The lowest BCUT2D eigenvalue weighted by molar-refractivity contribution is 0.0952. The monoisotopic (exact) mass is 544 g/mol. The number of benzene rings is 1. The number of rotatable bonds is 6. The van der Waals surface area contributed by atoms with Crippen LogP contribution in [-0.2, 0) is 10.9 Å². The standard InChI is InChI=1S/C26H33BrN4O4/c1-14-9-20(31(24(33)34)25(3,4)5)30-23(35-8)18(14)13-29-22(32)17-10-16(26(6,7)27)11-19-21(17)15(2)12-28-19/h9-12,28H,13H2,1-8H3,(H,29,32)(H,33,34). The highest BCUT2D eigenvalue weighted by Gasteiger charge is 2.30. The van der Waals surface area contributed by atoms with Crippen LogP contribution < -0.4 is 15.0 Å². The van der Waals surface area contributed by atoms with E-state index in [1.54, 1.807) is 26.8 Å². The van der Waals surface area contributed by atoms with Crippen molar-refractivity contribution in [2.75, 3.05) is 12.0 Å². The van der Waals surface area contributed by atoms with Crippen LogP contribution in [0.4, 0.5) is 10.6 Å². The van der Waals surface area contributed by atoms with Crippen molar-refractivity contribution < 1.29 is 19.4 Å². The molecule has 0 saturated carbocycles. The fourth-order valence-electron chi connectivity index (χ4n) is 4.11. The van der Waals surface area contributed by atoms with Gasteiger partial charge in [-0.25, -0.2) is 4.79 Å². The number of hydrogen-bond donors (Lipinski definition) is 3. The van der Waals surface area contributed by atoms with E-state index < -0.39 is 11.6 Å². The minimum atomic E-state index is -1.10. The van der Waals surface area contributed by atoms with Crippen LogP contribution in [0.15, 0.2) is 24.4 Å². The summed E-state index contributed by atoms with van der Waals surface area (Å²) < 4.78 is 5.19. The highest BCUT2D eigenvalue weighted by molar-refractivity contribution is 9.09. The maximum Gasteiger partial charge on any atom is 0.413 e. The van der Waals surface area contributed by atoms with Gasteiger partial charge in [-0.15, -0.1) is 0 Å². The van der Waals surface area contributed by atoms with E-state index in [1.165, 1.54) is 12.0 Å². The number of aromatic amines is 1. The Labute approximate surface area is 214 Å². The number of nitrogens with one attached hydrogen (secondary N) is 2. The number of carbonyl (C=O) groups excluding carboxylic acids is 1. The van der Waals surface area contributed by atoms with Gasteiger partial charge in [-0.1, -0.05) is 15.9 Å². The van der Waals surface area contributed by atoms with E-state index in [4.69, 9.17) is 4.74 Å². The van der Waals surface area contributed by atoms with Crippen molar-refractivity contribution in [3.63, 3.8) is 0 Å². The summed E-state index contributed by atoms with van der Waals surface area (Å²) in [6, 6.07) is 5.66. The molecule has 0 bridgehead atoms. The van der Waals surface area contributed by atoms with Gasteiger partial charge < -0.3 is 20.1 Å². The molecular weight excluding hydrogens is 512 g/mol. The lowest BCUT2D eigenvalue weighted by Gasteiger charge is -2.32. The second-order valence-corrected chi connectivity index (χ2v) is 12.1. The average Bonchev–Trinajstić information content (AvgIpc) is 3.10. The molecule has 2 aromatic heterocycles. The molecule has 1 aromatic carbocycles. The quantitative estimate of drug-likeness (QED) is 0.328. The second kappa shape index (κ2) is 9.53. The van der Waals surface area contributed by atoms with Gasteiger partial charge in [-0.3, -0.25) is 9.69 Å². The first-order chi connectivity index (χ1) is 16.1. The van der Waals surface area contributed by atoms with Crippen molar-refractivity contribution in [2.45, 2.75) is 64.9 Å². The van der Waals surface area contributed by atoms with E-state index >= 15 is 0 Å². The molecule has 188 valence electrons. The van der Waals surface area contributed by atoms with E-state index in [-0.39, 0.29) is 28.5 Å². The predicted octanol–water partition coefficient (Wildman–Crippen LogP) is 6.03. The minimum absolute atomic E-state index is 0.177. The first-order valence-electron chi connectivity index (χ1n) is 11.3. The summed E-state index contributed by atoms with van der Waals surface area (Å²) in [5.41, 5.74) is 4.19. The fourth-order valence-corrected chi connectivity index (χ4v) is 4.33. The zero-order valence-corrected chi connectivity index (χ0v) is 23.0. The average molecular weight is 545 g/mol. The van der Waals surface area contributed by atoms with Gasteiger partial charge in [0.05, 0.1) is 7.11 Å². The van der Waals surface area contributed by atoms with E-state index in [0.29, 0.717) is 11.1 Å². The van der Waals surface area contributed by atoms with Crippen LogP contribution >= 0.6 is 15.9 Å². The van der Waals surface area contributed by atoms with Gasteiger partial charge >= 0.3 is 6.09 Å². The summed E-state index contributed by atoms with van der Waals surface area (Å²) >= 11 is 3.69. The summed E-state index contributed by atoms with van der Waals surface area (Å²) in [6.07, 6.45) is 0.791. The number of pyridine rings is 1. The molecule has 35 heavy (non-hydrogen) atoms. The third-order valence-corrected chi connectivity index (χ3v) is 6.37. The molecule has 0 spiro atoms. The minimum Gasteiger partial charge on any atom is -0.481 e. The summed E-state index contributed by atoms with van der Waals surface area (Å²) in [7, 11) is 1.48. The molecule has 0 radical (unpaired) electrons. The molecule has 2 heterocycles. The fraction of sp³-hybridized carbons (Fsp3) is 0.423. The number of nitrogens with zero attached hydrogens (tertiary/aromatic N) is 2. The Morgan fingerprint density at radius 1 is 1.14 bits per heavy atom. The van der Waals surface area contributed by atoms with Crippen molar-refractivity contribution >= 4 is 44.7 Å². The summed E-state index contributed by atoms with van der Waals surface area (Å²) in [6.45, 7) is 13.4. The van der Waals surface area contributed by atoms with Crippen molar-refractivity contribution in [3.05, 3.63) is 52.2 Å². The number of amides is 2. The smallest absolute Gasteiger partial charge is 0.413 e. The molecule has 0 saturated heterocycles. The molecule has 0 aliphatic rings. The zero-order valence-electron chi connectivity index (χ0n) is 21.5. The molecule has 0 unspecified atom stereocenters. The van der Waals surface area contributed by atoms with E-state index in [9.17, 15) is 14.7 Å². The van der Waals surface area contributed by atoms with Gasteiger partial charge in [0.25, 0.3) is 5.91 Å². The van der Waals surface area contributed by atoms with E-state index in [0.717, 1.165) is 27.6 Å². The van der Waals surface area contributed by atoms with E-state index in [2.05, 4.69) is 31.2 Å². The van der Waals surface area contributed by atoms with Crippen molar-refractivity contribution in [2.24, 2.45) is 0 Å². The highest BCUT2D eigenvalue weighted by atomic mass is 79.9. The molecule has 9 heteroatoms. The van der Waals surface area contributed by atoms with E-state index in [1.807, 2.05) is 46.0 Å². The van der Waals surface area contributed by atoms with Crippen molar-refractivity contribution in [1.29, 1.82) is 0 Å². The van der Waals surface area contributed by atoms with Gasteiger partial charge in [-0.2, -0.15) is 4.98 Å². The predicted molar refractivity (Wildman–Crippen MR) is 142 cm³/mol. The molecule has 0 fully saturated rings. The number of alkyl halides is 1.